The maximum Gasteiger partial charge on any atom is 0.254 e. The smallest absolute Gasteiger partial charge is 0.254 e. The Kier molecular flexibility index (Phi) is 5.60. The van der Waals surface area contributed by atoms with Crippen molar-refractivity contribution in [2.45, 2.75) is 44.3 Å². The molecular weight excluding hydrogens is 366 g/mol. The van der Waals surface area contributed by atoms with E-state index >= 15 is 0 Å². The summed E-state index contributed by atoms with van der Waals surface area (Å²) < 4.78 is 0. The normalized spacial score (nSPS) is 15.9. The molecule has 29 heavy (non-hydrogen) atoms. The van der Waals surface area contributed by atoms with E-state index in [1.54, 1.807) is 6.21 Å². The molecule has 0 aliphatic heterocycles. The van der Waals surface area contributed by atoms with Crippen LogP contribution < -0.4 is 5.32 Å². The highest BCUT2D eigenvalue weighted by atomic mass is 16.6. The molecule has 2 aliphatic carbocycles. The summed E-state index contributed by atoms with van der Waals surface area (Å²) in [6.45, 7) is 0.543. The minimum absolute atomic E-state index is 0.0220. The van der Waals surface area contributed by atoms with Gasteiger partial charge < -0.3 is 15.1 Å². The van der Waals surface area contributed by atoms with E-state index < -0.39 is 0 Å². The van der Waals surface area contributed by atoms with Crippen LogP contribution in [0.5, 0.6) is 0 Å². The van der Waals surface area contributed by atoms with E-state index in [0.29, 0.717) is 23.7 Å². The second kappa shape index (κ2) is 8.47. The molecule has 4 rings (SSSR count). The summed E-state index contributed by atoms with van der Waals surface area (Å²) in [4.78, 5) is 31.8. The Bertz CT molecular complexity index is 898. The van der Waals surface area contributed by atoms with Gasteiger partial charge in [-0.1, -0.05) is 29.4 Å². The predicted molar refractivity (Wildman–Crippen MR) is 111 cm³/mol. The molecule has 150 valence electrons. The molecule has 0 bridgehead atoms. The Balaban J connectivity index is 1.43. The van der Waals surface area contributed by atoms with Gasteiger partial charge in [0.1, 0.15) is 7.11 Å². The molecule has 1 N–H and O–H groups in total. The average molecular weight is 391 g/mol. The van der Waals surface area contributed by atoms with Crippen LogP contribution in [0.2, 0.25) is 0 Å². The van der Waals surface area contributed by atoms with Crippen molar-refractivity contribution in [2.24, 2.45) is 5.16 Å². The van der Waals surface area contributed by atoms with Gasteiger partial charge in [-0.2, -0.15) is 0 Å². The molecule has 2 amide bonds. The minimum Gasteiger partial charge on any atom is -0.399 e. The van der Waals surface area contributed by atoms with E-state index in [-0.39, 0.29) is 17.9 Å². The van der Waals surface area contributed by atoms with E-state index in [1.165, 1.54) is 7.11 Å². The number of benzene rings is 2. The van der Waals surface area contributed by atoms with Crippen LogP contribution in [0.25, 0.3) is 0 Å². The molecule has 0 spiro atoms. The van der Waals surface area contributed by atoms with Crippen LogP contribution >= 0.6 is 0 Å². The van der Waals surface area contributed by atoms with Crippen molar-refractivity contribution in [1.29, 1.82) is 0 Å². The van der Waals surface area contributed by atoms with Gasteiger partial charge >= 0.3 is 0 Å². The van der Waals surface area contributed by atoms with E-state index in [1.807, 2.05) is 53.4 Å². The van der Waals surface area contributed by atoms with Gasteiger partial charge in [0.2, 0.25) is 0 Å². The molecule has 2 aromatic rings. The molecule has 0 atom stereocenters. The maximum atomic E-state index is 13.1. The number of carbonyl (C=O) groups is 2. The Morgan fingerprint density at radius 3 is 2.28 bits per heavy atom. The summed E-state index contributed by atoms with van der Waals surface area (Å²) in [6, 6.07) is 15.5. The Morgan fingerprint density at radius 1 is 1.03 bits per heavy atom. The van der Waals surface area contributed by atoms with E-state index in [0.717, 1.165) is 36.8 Å². The van der Waals surface area contributed by atoms with Crippen molar-refractivity contribution >= 4 is 18.0 Å². The van der Waals surface area contributed by atoms with Crippen molar-refractivity contribution in [3.05, 3.63) is 70.8 Å². The second-order valence-corrected chi connectivity index (χ2v) is 7.65. The van der Waals surface area contributed by atoms with Crippen molar-refractivity contribution in [2.75, 3.05) is 7.11 Å². The molecule has 2 aliphatic rings. The van der Waals surface area contributed by atoms with Gasteiger partial charge in [0.25, 0.3) is 11.8 Å². The second-order valence-electron chi connectivity index (χ2n) is 7.65. The monoisotopic (exact) mass is 391 g/mol. The molecule has 0 radical (unpaired) electrons. The number of oxime groups is 1. The Morgan fingerprint density at radius 2 is 1.69 bits per heavy atom. The quantitative estimate of drug-likeness (QED) is 0.554. The fourth-order valence-corrected chi connectivity index (χ4v) is 3.20. The average Bonchev–Trinajstić information content (AvgIpc) is 3.66. The summed E-state index contributed by atoms with van der Waals surface area (Å²) in [7, 11) is 1.49. The standard InChI is InChI=1S/C23H25N3O3/c1-29-24-14-16-2-8-19(9-3-16)23(28)26(21-12-13-21)15-17-4-6-18(7-5-17)22(27)25-20-10-11-20/h2-9,14,20-21H,10-13,15H2,1H3,(H,25,27)/b24-14+. The van der Waals surface area contributed by atoms with Crippen molar-refractivity contribution in [3.63, 3.8) is 0 Å². The van der Waals surface area contributed by atoms with Crippen molar-refractivity contribution in [1.82, 2.24) is 10.2 Å². The highest BCUT2D eigenvalue weighted by molar-refractivity contribution is 5.96. The number of hydrogen-bond acceptors (Lipinski definition) is 4. The zero-order valence-corrected chi connectivity index (χ0v) is 16.5. The van der Waals surface area contributed by atoms with Gasteiger partial charge in [-0.05, 0) is 61.1 Å². The number of nitrogens with zero attached hydrogens (tertiary/aromatic N) is 2. The molecule has 0 saturated heterocycles. The summed E-state index contributed by atoms with van der Waals surface area (Å²) >= 11 is 0. The first-order valence-electron chi connectivity index (χ1n) is 10.0. The minimum atomic E-state index is -0.0220. The van der Waals surface area contributed by atoms with Gasteiger partial charge in [-0.25, -0.2) is 0 Å². The number of amides is 2. The molecule has 0 aromatic heterocycles. The van der Waals surface area contributed by atoms with Gasteiger partial charge in [-0.3, -0.25) is 9.59 Å². The van der Waals surface area contributed by atoms with Crippen LogP contribution in [0.1, 0.15) is 57.5 Å². The summed E-state index contributed by atoms with van der Waals surface area (Å²) in [5.41, 5.74) is 3.23. The fraction of sp³-hybridized carbons (Fsp3) is 0.348. The molecule has 2 aromatic carbocycles. The summed E-state index contributed by atoms with van der Waals surface area (Å²) in [5.74, 6) is 0.00422. The van der Waals surface area contributed by atoms with Gasteiger partial charge in [0.05, 0.1) is 6.21 Å². The third-order valence-electron chi connectivity index (χ3n) is 5.19. The summed E-state index contributed by atoms with van der Waals surface area (Å²) in [5, 5.41) is 6.73. The third-order valence-corrected chi connectivity index (χ3v) is 5.19. The highest BCUT2D eigenvalue weighted by Crippen LogP contribution is 2.30. The van der Waals surface area contributed by atoms with Gasteiger partial charge in [-0.15, -0.1) is 0 Å². The number of rotatable bonds is 8. The topological polar surface area (TPSA) is 71.0 Å². The number of hydrogen-bond donors (Lipinski definition) is 1. The molecule has 6 heteroatoms. The third kappa shape index (κ3) is 5.02. The molecule has 2 saturated carbocycles. The zero-order valence-electron chi connectivity index (χ0n) is 16.5. The highest BCUT2D eigenvalue weighted by Gasteiger charge is 2.33. The lowest BCUT2D eigenvalue weighted by atomic mass is 10.1. The van der Waals surface area contributed by atoms with Crippen LogP contribution in [-0.4, -0.2) is 42.1 Å². The van der Waals surface area contributed by atoms with Crippen LogP contribution in [0.15, 0.2) is 53.7 Å². The lowest BCUT2D eigenvalue weighted by molar-refractivity contribution is 0.0729. The van der Waals surface area contributed by atoms with Gasteiger partial charge in [0, 0.05) is 29.8 Å². The first-order chi connectivity index (χ1) is 14.1. The largest absolute Gasteiger partial charge is 0.399 e. The van der Waals surface area contributed by atoms with Crippen LogP contribution in [0.4, 0.5) is 0 Å². The van der Waals surface area contributed by atoms with E-state index in [2.05, 4.69) is 15.3 Å². The molecule has 2 fully saturated rings. The number of carbonyl (C=O) groups excluding carboxylic acids is 2. The lowest BCUT2D eigenvalue weighted by Crippen LogP contribution is -2.32. The Hall–Kier alpha value is -3.15. The van der Waals surface area contributed by atoms with Crippen molar-refractivity contribution < 1.29 is 14.4 Å². The molecular formula is C23H25N3O3. The summed E-state index contributed by atoms with van der Waals surface area (Å²) in [6.07, 6.45) is 5.82. The van der Waals surface area contributed by atoms with E-state index in [9.17, 15) is 9.59 Å². The Labute approximate surface area is 170 Å². The molecule has 0 heterocycles. The van der Waals surface area contributed by atoms with Crippen LogP contribution in [0, 0.1) is 0 Å². The van der Waals surface area contributed by atoms with Crippen molar-refractivity contribution in [3.8, 4) is 0 Å². The lowest BCUT2D eigenvalue weighted by Gasteiger charge is -2.23. The first kappa shape index (κ1) is 19.2. The maximum absolute atomic E-state index is 13.1. The molecule has 0 unspecified atom stereocenters. The fourth-order valence-electron chi connectivity index (χ4n) is 3.20. The van der Waals surface area contributed by atoms with Crippen LogP contribution in [-0.2, 0) is 11.4 Å². The van der Waals surface area contributed by atoms with Gasteiger partial charge in [0.15, 0.2) is 0 Å². The first-order valence-corrected chi connectivity index (χ1v) is 10.0. The van der Waals surface area contributed by atoms with Crippen LogP contribution in [0.3, 0.4) is 0 Å². The number of nitrogens with one attached hydrogen (secondary N) is 1. The SMILES string of the molecule is CO/N=C/c1ccc(C(=O)N(Cc2ccc(C(=O)NC3CC3)cc2)C2CC2)cc1. The predicted octanol–water partition coefficient (Wildman–Crippen LogP) is 3.36. The van der Waals surface area contributed by atoms with E-state index in [4.69, 9.17) is 0 Å². The zero-order chi connectivity index (χ0) is 20.2. The molecule has 6 nitrogen and oxygen atoms in total.